The average molecular weight is 315 g/mol. The van der Waals surface area contributed by atoms with Crippen LogP contribution in [-0.2, 0) is 11.2 Å². The number of carbonyl (C=O) groups is 1. The van der Waals surface area contributed by atoms with Crippen LogP contribution in [0.15, 0.2) is 35.7 Å². The topological polar surface area (TPSA) is 26.3 Å². The lowest BCUT2D eigenvalue weighted by molar-refractivity contribution is 0.0766. The van der Waals surface area contributed by atoms with Gasteiger partial charge in [0.1, 0.15) is 6.61 Å². The Morgan fingerprint density at radius 3 is 2.84 bits per heavy atom. The second kappa shape index (κ2) is 7.06. The molecule has 0 radical (unpaired) electrons. The Hall–Kier alpha value is -0.870. The highest BCUT2D eigenvalue weighted by Gasteiger charge is 2.11. The summed E-state index contributed by atoms with van der Waals surface area (Å²) in [4.78, 5) is 13.2. The van der Waals surface area contributed by atoms with Crippen molar-refractivity contribution < 1.29 is 9.53 Å². The molecule has 2 nitrogen and oxygen atoms in total. The molecule has 5 heteroatoms. The number of Topliss-reactive ketones (excluding diaryl/α,β-unsaturated/α-hetero) is 1. The van der Waals surface area contributed by atoms with Gasteiger partial charge in [-0.05, 0) is 29.6 Å². The van der Waals surface area contributed by atoms with E-state index in [4.69, 9.17) is 27.9 Å². The van der Waals surface area contributed by atoms with E-state index >= 15 is 0 Å². The zero-order valence-electron chi connectivity index (χ0n) is 10.1. The molecule has 0 aliphatic carbocycles. The summed E-state index contributed by atoms with van der Waals surface area (Å²) in [5.41, 5.74) is 0.408. The number of hydrogen-bond donors (Lipinski definition) is 0. The van der Waals surface area contributed by atoms with Gasteiger partial charge < -0.3 is 4.74 Å². The van der Waals surface area contributed by atoms with E-state index in [0.717, 1.165) is 6.42 Å². The Morgan fingerprint density at radius 1 is 1.26 bits per heavy atom. The monoisotopic (exact) mass is 314 g/mol. The predicted molar refractivity (Wildman–Crippen MR) is 79.6 cm³/mol. The van der Waals surface area contributed by atoms with E-state index in [2.05, 4.69) is 0 Å². The molecule has 100 valence electrons. The Balaban J connectivity index is 1.82. The number of thiophene rings is 1. The molecule has 1 aromatic carbocycles. The molecule has 0 unspecified atom stereocenters. The van der Waals surface area contributed by atoms with Gasteiger partial charge in [0.2, 0.25) is 0 Å². The van der Waals surface area contributed by atoms with Crippen molar-refractivity contribution in [2.75, 3.05) is 13.2 Å². The van der Waals surface area contributed by atoms with Gasteiger partial charge in [-0.15, -0.1) is 11.3 Å². The van der Waals surface area contributed by atoms with E-state index in [1.54, 1.807) is 29.5 Å². The Labute approximate surface area is 125 Å². The van der Waals surface area contributed by atoms with E-state index in [0.29, 0.717) is 22.2 Å². The van der Waals surface area contributed by atoms with Gasteiger partial charge >= 0.3 is 0 Å². The highest BCUT2D eigenvalue weighted by atomic mass is 35.5. The Morgan fingerprint density at radius 2 is 2.11 bits per heavy atom. The Bertz CT molecular complexity index is 553. The highest BCUT2D eigenvalue weighted by Crippen LogP contribution is 2.21. The van der Waals surface area contributed by atoms with Gasteiger partial charge in [-0.1, -0.05) is 29.3 Å². The normalized spacial score (nSPS) is 10.6. The lowest BCUT2D eigenvalue weighted by atomic mass is 10.1. The van der Waals surface area contributed by atoms with Gasteiger partial charge in [-0.2, -0.15) is 0 Å². The van der Waals surface area contributed by atoms with Gasteiger partial charge in [0.25, 0.3) is 0 Å². The van der Waals surface area contributed by atoms with Crippen molar-refractivity contribution in [3.05, 3.63) is 56.2 Å². The summed E-state index contributed by atoms with van der Waals surface area (Å²) in [6, 6.07) is 8.87. The van der Waals surface area contributed by atoms with Gasteiger partial charge in [-0.3, -0.25) is 4.79 Å². The minimum Gasteiger partial charge on any atom is -0.373 e. The maximum atomic E-state index is 11.9. The summed E-state index contributed by atoms with van der Waals surface area (Å²) < 4.78 is 5.37. The lowest BCUT2D eigenvalue weighted by Gasteiger charge is -2.05. The van der Waals surface area contributed by atoms with Crippen molar-refractivity contribution in [1.29, 1.82) is 0 Å². The molecule has 0 aliphatic heterocycles. The molecule has 0 fully saturated rings. The fourth-order valence-electron chi connectivity index (χ4n) is 1.58. The third kappa shape index (κ3) is 4.32. The van der Waals surface area contributed by atoms with Crippen molar-refractivity contribution >= 4 is 40.3 Å². The van der Waals surface area contributed by atoms with Crippen LogP contribution in [-0.4, -0.2) is 19.0 Å². The van der Waals surface area contributed by atoms with Crippen molar-refractivity contribution in [1.82, 2.24) is 0 Å². The minimum absolute atomic E-state index is 0.0193. The lowest BCUT2D eigenvalue weighted by Crippen LogP contribution is -2.11. The van der Waals surface area contributed by atoms with Crippen molar-refractivity contribution in [3.8, 4) is 0 Å². The maximum absolute atomic E-state index is 11.9. The zero-order valence-corrected chi connectivity index (χ0v) is 12.4. The molecule has 1 heterocycles. The van der Waals surface area contributed by atoms with E-state index < -0.39 is 0 Å². The summed E-state index contributed by atoms with van der Waals surface area (Å²) in [6.45, 7) is 0.538. The summed E-state index contributed by atoms with van der Waals surface area (Å²) in [5, 5.41) is 2.91. The largest absolute Gasteiger partial charge is 0.373 e. The number of rotatable bonds is 6. The first-order valence-corrected chi connectivity index (χ1v) is 7.39. The highest BCUT2D eigenvalue weighted by molar-refractivity contribution is 7.09. The van der Waals surface area contributed by atoms with Gasteiger partial charge in [0.05, 0.1) is 11.6 Å². The molecule has 1 aromatic heterocycles. The van der Waals surface area contributed by atoms with Crippen molar-refractivity contribution in [2.24, 2.45) is 0 Å². The van der Waals surface area contributed by atoms with Gasteiger partial charge in [0, 0.05) is 21.9 Å². The second-order valence-electron chi connectivity index (χ2n) is 3.93. The molecule has 19 heavy (non-hydrogen) atoms. The molecule has 0 saturated heterocycles. The Kier molecular flexibility index (Phi) is 5.40. The van der Waals surface area contributed by atoms with Gasteiger partial charge in [0.15, 0.2) is 5.78 Å². The number of benzene rings is 1. The third-order valence-electron chi connectivity index (χ3n) is 2.53. The second-order valence-corrected chi connectivity index (χ2v) is 5.81. The fourth-order valence-corrected chi connectivity index (χ4v) is 2.67. The molecule has 0 aliphatic rings. The number of ketones is 1. The van der Waals surface area contributed by atoms with Crippen LogP contribution < -0.4 is 0 Å². The number of halogens is 2. The van der Waals surface area contributed by atoms with Crippen LogP contribution in [0.5, 0.6) is 0 Å². The molecule has 0 N–H and O–H groups in total. The van der Waals surface area contributed by atoms with E-state index in [1.807, 2.05) is 17.5 Å². The van der Waals surface area contributed by atoms with E-state index in [-0.39, 0.29) is 12.4 Å². The quantitative estimate of drug-likeness (QED) is 0.579. The molecule has 0 saturated carbocycles. The van der Waals surface area contributed by atoms with Crippen molar-refractivity contribution in [2.45, 2.75) is 6.42 Å². The number of ether oxygens (including phenoxy) is 1. The number of hydrogen-bond acceptors (Lipinski definition) is 3. The number of carbonyl (C=O) groups excluding carboxylic acids is 1. The first-order valence-electron chi connectivity index (χ1n) is 5.75. The first-order chi connectivity index (χ1) is 9.16. The first kappa shape index (κ1) is 14.5. The summed E-state index contributed by atoms with van der Waals surface area (Å²) in [7, 11) is 0. The van der Waals surface area contributed by atoms with Crippen LogP contribution in [0.3, 0.4) is 0 Å². The molecule has 0 atom stereocenters. The van der Waals surface area contributed by atoms with Gasteiger partial charge in [-0.25, -0.2) is 0 Å². The summed E-state index contributed by atoms with van der Waals surface area (Å²) in [6.07, 6.45) is 0.814. The van der Waals surface area contributed by atoms with Crippen LogP contribution in [0.1, 0.15) is 15.2 Å². The molecule has 0 bridgehead atoms. The molecular formula is C14H12Cl2O2S. The van der Waals surface area contributed by atoms with Crippen LogP contribution in [0.2, 0.25) is 10.0 Å². The smallest absolute Gasteiger partial charge is 0.190 e. The molecule has 0 spiro atoms. The maximum Gasteiger partial charge on any atom is 0.190 e. The summed E-state index contributed by atoms with van der Waals surface area (Å²) in [5.74, 6) is -0.154. The van der Waals surface area contributed by atoms with E-state index in [9.17, 15) is 4.79 Å². The van der Waals surface area contributed by atoms with Crippen LogP contribution in [0, 0.1) is 0 Å². The van der Waals surface area contributed by atoms with Crippen LogP contribution in [0.25, 0.3) is 0 Å². The van der Waals surface area contributed by atoms with Crippen LogP contribution >= 0.6 is 34.5 Å². The minimum atomic E-state index is -0.154. The molecule has 2 rings (SSSR count). The average Bonchev–Trinajstić information content (AvgIpc) is 2.90. The van der Waals surface area contributed by atoms with Crippen molar-refractivity contribution in [3.63, 3.8) is 0 Å². The summed E-state index contributed by atoms with van der Waals surface area (Å²) >= 11 is 13.5. The van der Waals surface area contributed by atoms with E-state index in [1.165, 1.54) is 4.88 Å². The third-order valence-corrected chi connectivity index (χ3v) is 4.04. The standard InChI is InChI=1S/C14H12Cl2O2S/c15-10-3-4-13(16)12(8-10)14(17)9-18-6-5-11-2-1-7-19-11/h1-4,7-8H,5-6,9H2. The molecule has 0 amide bonds. The SMILES string of the molecule is O=C(COCCc1cccs1)c1cc(Cl)ccc1Cl. The zero-order chi connectivity index (χ0) is 13.7. The van der Waals surface area contributed by atoms with Crippen LogP contribution in [0.4, 0.5) is 0 Å². The fraction of sp³-hybridized carbons (Fsp3) is 0.214. The molecular weight excluding hydrogens is 303 g/mol. The predicted octanol–water partition coefficient (Wildman–Crippen LogP) is 4.50. The molecule has 2 aromatic rings.